The molecule has 0 unspecified atom stereocenters. The zero-order valence-corrected chi connectivity index (χ0v) is 12.2. The number of nitrogens with zero attached hydrogens (tertiary/aromatic N) is 2. The van der Waals surface area contributed by atoms with Gasteiger partial charge in [-0.25, -0.2) is 4.98 Å². The molecular formula is C15H16ClN3O2. The summed E-state index contributed by atoms with van der Waals surface area (Å²) in [6, 6.07) is 9.95. The SMILES string of the molecule is O=C(NCCCOCc1ccccc1)c1cncc(Cl)n1. The van der Waals surface area contributed by atoms with E-state index in [4.69, 9.17) is 16.3 Å². The van der Waals surface area contributed by atoms with Gasteiger partial charge >= 0.3 is 0 Å². The summed E-state index contributed by atoms with van der Waals surface area (Å²) >= 11 is 5.68. The molecule has 110 valence electrons. The number of hydrogen-bond acceptors (Lipinski definition) is 4. The van der Waals surface area contributed by atoms with Crippen molar-refractivity contribution in [3.63, 3.8) is 0 Å². The summed E-state index contributed by atoms with van der Waals surface area (Å²) in [7, 11) is 0. The highest BCUT2D eigenvalue weighted by molar-refractivity contribution is 6.29. The summed E-state index contributed by atoms with van der Waals surface area (Å²) < 4.78 is 5.53. The van der Waals surface area contributed by atoms with Crippen molar-refractivity contribution in [2.45, 2.75) is 13.0 Å². The Morgan fingerprint density at radius 1 is 1.24 bits per heavy atom. The van der Waals surface area contributed by atoms with Crippen LogP contribution in [-0.2, 0) is 11.3 Å². The normalized spacial score (nSPS) is 10.3. The minimum absolute atomic E-state index is 0.203. The maximum Gasteiger partial charge on any atom is 0.271 e. The van der Waals surface area contributed by atoms with Gasteiger partial charge in [0.2, 0.25) is 0 Å². The number of amides is 1. The van der Waals surface area contributed by atoms with Gasteiger partial charge in [-0.3, -0.25) is 9.78 Å². The second-order valence-corrected chi connectivity index (χ2v) is 4.76. The summed E-state index contributed by atoms with van der Waals surface area (Å²) in [5.41, 5.74) is 1.35. The van der Waals surface area contributed by atoms with E-state index in [9.17, 15) is 4.79 Å². The van der Waals surface area contributed by atoms with Crippen molar-refractivity contribution >= 4 is 17.5 Å². The lowest BCUT2D eigenvalue weighted by Gasteiger charge is -2.06. The maximum absolute atomic E-state index is 11.7. The zero-order chi connectivity index (χ0) is 14.9. The molecule has 2 aromatic rings. The van der Waals surface area contributed by atoms with E-state index in [1.54, 1.807) is 0 Å². The quantitative estimate of drug-likeness (QED) is 0.798. The van der Waals surface area contributed by atoms with E-state index in [2.05, 4.69) is 15.3 Å². The number of carbonyl (C=O) groups is 1. The molecule has 0 bridgehead atoms. The average Bonchev–Trinajstić information content (AvgIpc) is 2.51. The van der Waals surface area contributed by atoms with Gasteiger partial charge in [-0.1, -0.05) is 41.9 Å². The van der Waals surface area contributed by atoms with Crippen LogP contribution in [0.25, 0.3) is 0 Å². The third-order valence-electron chi connectivity index (χ3n) is 2.70. The van der Waals surface area contributed by atoms with Crippen molar-refractivity contribution < 1.29 is 9.53 Å². The van der Waals surface area contributed by atoms with Gasteiger partial charge < -0.3 is 10.1 Å². The first-order chi connectivity index (χ1) is 10.3. The monoisotopic (exact) mass is 305 g/mol. The number of aromatic nitrogens is 2. The lowest BCUT2D eigenvalue weighted by Crippen LogP contribution is -2.26. The van der Waals surface area contributed by atoms with Crippen LogP contribution in [0.1, 0.15) is 22.5 Å². The van der Waals surface area contributed by atoms with Crippen LogP contribution >= 0.6 is 11.6 Å². The number of nitrogens with one attached hydrogen (secondary N) is 1. The van der Waals surface area contributed by atoms with Crippen molar-refractivity contribution in [1.82, 2.24) is 15.3 Å². The second kappa shape index (κ2) is 8.34. The number of benzene rings is 1. The molecule has 0 atom stereocenters. The third-order valence-corrected chi connectivity index (χ3v) is 2.88. The summed E-state index contributed by atoms with van der Waals surface area (Å²) in [6.07, 6.45) is 3.50. The summed E-state index contributed by atoms with van der Waals surface area (Å²) in [5.74, 6) is -0.284. The van der Waals surface area contributed by atoms with Gasteiger partial charge in [-0.2, -0.15) is 0 Å². The van der Waals surface area contributed by atoms with Crippen molar-refractivity contribution in [2.75, 3.05) is 13.2 Å². The number of halogens is 1. The van der Waals surface area contributed by atoms with Crippen LogP contribution in [0.3, 0.4) is 0 Å². The largest absolute Gasteiger partial charge is 0.377 e. The molecule has 0 saturated heterocycles. The second-order valence-electron chi connectivity index (χ2n) is 4.37. The minimum atomic E-state index is -0.284. The standard InChI is InChI=1S/C15H16ClN3O2/c16-14-10-17-9-13(19-14)15(20)18-7-4-8-21-11-12-5-2-1-3-6-12/h1-3,5-6,9-10H,4,7-8,11H2,(H,18,20). The minimum Gasteiger partial charge on any atom is -0.377 e. The van der Waals surface area contributed by atoms with Gasteiger partial charge in [0.05, 0.1) is 19.0 Å². The van der Waals surface area contributed by atoms with Crippen LogP contribution < -0.4 is 5.32 Å². The van der Waals surface area contributed by atoms with Gasteiger partial charge in [-0.05, 0) is 12.0 Å². The van der Waals surface area contributed by atoms with Gasteiger partial charge in [-0.15, -0.1) is 0 Å². The Morgan fingerprint density at radius 2 is 2.05 bits per heavy atom. The molecule has 1 aromatic heterocycles. The van der Waals surface area contributed by atoms with Gasteiger partial charge in [0.15, 0.2) is 0 Å². The van der Waals surface area contributed by atoms with Crippen LogP contribution in [0, 0.1) is 0 Å². The molecule has 0 aliphatic heterocycles. The molecule has 1 amide bonds. The van der Waals surface area contributed by atoms with E-state index in [0.29, 0.717) is 19.8 Å². The van der Waals surface area contributed by atoms with Crippen molar-refractivity contribution in [3.8, 4) is 0 Å². The molecule has 6 heteroatoms. The average molecular weight is 306 g/mol. The molecule has 1 heterocycles. The summed E-state index contributed by atoms with van der Waals surface area (Å²) in [6.45, 7) is 1.67. The highest BCUT2D eigenvalue weighted by Crippen LogP contribution is 2.02. The van der Waals surface area contributed by atoms with Gasteiger partial charge in [0.25, 0.3) is 5.91 Å². The molecule has 5 nitrogen and oxygen atoms in total. The van der Waals surface area contributed by atoms with E-state index in [0.717, 1.165) is 12.0 Å². The van der Waals surface area contributed by atoms with E-state index in [1.165, 1.54) is 12.4 Å². The number of hydrogen-bond donors (Lipinski definition) is 1. The predicted molar refractivity (Wildman–Crippen MR) is 80.1 cm³/mol. The first kappa shape index (κ1) is 15.4. The van der Waals surface area contributed by atoms with E-state index < -0.39 is 0 Å². The number of carbonyl (C=O) groups excluding carboxylic acids is 1. The highest BCUT2D eigenvalue weighted by Gasteiger charge is 2.07. The summed E-state index contributed by atoms with van der Waals surface area (Å²) in [5, 5.41) is 2.95. The zero-order valence-electron chi connectivity index (χ0n) is 11.5. The maximum atomic E-state index is 11.7. The molecule has 0 saturated carbocycles. The van der Waals surface area contributed by atoms with E-state index in [-0.39, 0.29) is 16.8 Å². The Balaban J connectivity index is 1.60. The topological polar surface area (TPSA) is 64.1 Å². The van der Waals surface area contributed by atoms with Crippen molar-refractivity contribution in [1.29, 1.82) is 0 Å². The lowest BCUT2D eigenvalue weighted by atomic mass is 10.2. The number of ether oxygens (including phenoxy) is 1. The molecule has 0 fully saturated rings. The Labute approximate surface area is 128 Å². The molecule has 0 aliphatic rings. The van der Waals surface area contributed by atoms with E-state index >= 15 is 0 Å². The van der Waals surface area contributed by atoms with Gasteiger partial charge in [0, 0.05) is 13.2 Å². The van der Waals surface area contributed by atoms with E-state index in [1.807, 2.05) is 30.3 Å². The summed E-state index contributed by atoms with van der Waals surface area (Å²) in [4.78, 5) is 19.4. The fourth-order valence-electron chi connectivity index (χ4n) is 1.68. The Morgan fingerprint density at radius 3 is 2.81 bits per heavy atom. The van der Waals surface area contributed by atoms with Crippen LogP contribution in [0.5, 0.6) is 0 Å². The molecular weight excluding hydrogens is 290 g/mol. The molecule has 0 spiro atoms. The molecule has 1 N–H and O–H groups in total. The Bertz CT molecular complexity index is 578. The first-order valence-electron chi connectivity index (χ1n) is 6.63. The number of rotatable bonds is 7. The molecule has 0 radical (unpaired) electrons. The third kappa shape index (κ3) is 5.49. The molecule has 0 aliphatic carbocycles. The van der Waals surface area contributed by atoms with Gasteiger partial charge in [0.1, 0.15) is 10.8 Å². The molecule has 21 heavy (non-hydrogen) atoms. The smallest absolute Gasteiger partial charge is 0.271 e. The Kier molecular flexibility index (Phi) is 6.12. The fourth-order valence-corrected chi connectivity index (χ4v) is 1.83. The van der Waals surface area contributed by atoms with Crippen LogP contribution in [0.15, 0.2) is 42.7 Å². The predicted octanol–water partition coefficient (Wildman–Crippen LogP) is 2.47. The molecule has 1 aromatic carbocycles. The van der Waals surface area contributed by atoms with Crippen LogP contribution in [0.2, 0.25) is 5.15 Å². The molecule has 2 rings (SSSR count). The van der Waals surface area contributed by atoms with Crippen molar-refractivity contribution in [3.05, 3.63) is 59.1 Å². The van der Waals surface area contributed by atoms with Crippen LogP contribution in [0.4, 0.5) is 0 Å². The first-order valence-corrected chi connectivity index (χ1v) is 7.01. The Hall–Kier alpha value is -1.98. The fraction of sp³-hybridized carbons (Fsp3) is 0.267. The van der Waals surface area contributed by atoms with Crippen LogP contribution in [-0.4, -0.2) is 29.0 Å². The highest BCUT2D eigenvalue weighted by atomic mass is 35.5. The lowest BCUT2D eigenvalue weighted by molar-refractivity contribution is 0.0929. The van der Waals surface area contributed by atoms with Crippen molar-refractivity contribution in [2.24, 2.45) is 0 Å².